The highest BCUT2D eigenvalue weighted by molar-refractivity contribution is 5.78. The molecule has 2 unspecified atom stereocenters. The fraction of sp³-hybridized carbons (Fsp3) is 0.900. The summed E-state index contributed by atoms with van der Waals surface area (Å²) in [4.78, 5) is 10.6. The lowest BCUT2D eigenvalue weighted by molar-refractivity contribution is -0.125. The molecular formula is C10H20N2O2. The molecule has 0 radical (unpaired) electrons. The van der Waals surface area contributed by atoms with E-state index in [9.17, 15) is 9.90 Å². The monoisotopic (exact) mass is 200 g/mol. The van der Waals surface area contributed by atoms with Crippen LogP contribution in [0.1, 0.15) is 33.1 Å². The van der Waals surface area contributed by atoms with Crippen molar-refractivity contribution in [3.05, 3.63) is 0 Å². The molecule has 14 heavy (non-hydrogen) atoms. The standard InChI is InChI=1S/C10H20N2O2/c1-10(2)5-3-4-8(10)12-6-7(13)9(11)14/h7-8,12-13H,3-6H2,1-2H3,(H2,11,14). The summed E-state index contributed by atoms with van der Waals surface area (Å²) in [6, 6.07) is 0.386. The lowest BCUT2D eigenvalue weighted by Gasteiger charge is -2.28. The fourth-order valence-electron chi connectivity index (χ4n) is 2.06. The molecule has 82 valence electrons. The summed E-state index contributed by atoms with van der Waals surface area (Å²) in [6.07, 6.45) is 2.44. The van der Waals surface area contributed by atoms with Crippen LogP contribution in [0.3, 0.4) is 0 Å². The van der Waals surface area contributed by atoms with Gasteiger partial charge in [0.2, 0.25) is 5.91 Å². The van der Waals surface area contributed by atoms with Crippen molar-refractivity contribution in [3.8, 4) is 0 Å². The third-order valence-corrected chi connectivity index (χ3v) is 3.14. The molecule has 0 saturated heterocycles. The van der Waals surface area contributed by atoms with Crippen molar-refractivity contribution in [2.75, 3.05) is 6.54 Å². The summed E-state index contributed by atoms with van der Waals surface area (Å²) in [6.45, 7) is 4.67. The minimum atomic E-state index is -1.06. The van der Waals surface area contributed by atoms with Crippen LogP contribution in [0.2, 0.25) is 0 Å². The molecule has 1 rings (SSSR count). The summed E-state index contributed by atoms with van der Waals surface area (Å²) < 4.78 is 0. The van der Waals surface area contributed by atoms with Gasteiger partial charge in [0, 0.05) is 12.6 Å². The van der Waals surface area contributed by atoms with Gasteiger partial charge < -0.3 is 16.2 Å². The van der Waals surface area contributed by atoms with Gasteiger partial charge in [0.1, 0.15) is 6.10 Å². The third-order valence-electron chi connectivity index (χ3n) is 3.14. The van der Waals surface area contributed by atoms with Crippen LogP contribution in [0, 0.1) is 5.41 Å². The maximum absolute atomic E-state index is 10.6. The number of hydrogen-bond donors (Lipinski definition) is 3. The van der Waals surface area contributed by atoms with Crippen molar-refractivity contribution < 1.29 is 9.90 Å². The summed E-state index contributed by atoms with van der Waals surface area (Å²) in [5, 5.41) is 12.4. The van der Waals surface area contributed by atoms with Gasteiger partial charge in [-0.2, -0.15) is 0 Å². The number of hydrogen-bond acceptors (Lipinski definition) is 3. The zero-order valence-electron chi connectivity index (χ0n) is 8.92. The highest BCUT2D eigenvalue weighted by Crippen LogP contribution is 2.36. The maximum atomic E-state index is 10.6. The topological polar surface area (TPSA) is 75.3 Å². The van der Waals surface area contributed by atoms with E-state index in [1.807, 2.05) is 0 Å². The zero-order valence-corrected chi connectivity index (χ0v) is 8.92. The van der Waals surface area contributed by atoms with Crippen LogP contribution in [0.4, 0.5) is 0 Å². The van der Waals surface area contributed by atoms with Gasteiger partial charge in [-0.25, -0.2) is 0 Å². The molecule has 0 aromatic carbocycles. The first-order valence-corrected chi connectivity index (χ1v) is 5.14. The van der Waals surface area contributed by atoms with Crippen LogP contribution >= 0.6 is 0 Å². The molecule has 4 N–H and O–H groups in total. The summed E-state index contributed by atoms with van der Waals surface area (Å²) in [5.41, 5.74) is 5.22. The van der Waals surface area contributed by atoms with Crippen LogP contribution in [0.5, 0.6) is 0 Å². The molecule has 4 heteroatoms. The van der Waals surface area contributed by atoms with Crippen LogP contribution in [0.25, 0.3) is 0 Å². The average molecular weight is 200 g/mol. The predicted molar refractivity (Wildman–Crippen MR) is 54.6 cm³/mol. The molecule has 0 aliphatic heterocycles. The van der Waals surface area contributed by atoms with E-state index in [0.717, 1.165) is 6.42 Å². The molecule has 1 fully saturated rings. The lowest BCUT2D eigenvalue weighted by Crippen LogP contribution is -2.45. The Hall–Kier alpha value is -0.610. The van der Waals surface area contributed by atoms with E-state index in [0.29, 0.717) is 6.04 Å². The largest absolute Gasteiger partial charge is 0.382 e. The lowest BCUT2D eigenvalue weighted by atomic mass is 9.87. The molecule has 2 atom stereocenters. The van der Waals surface area contributed by atoms with E-state index < -0.39 is 12.0 Å². The molecule has 0 heterocycles. The van der Waals surface area contributed by atoms with Crippen LogP contribution < -0.4 is 11.1 Å². The average Bonchev–Trinajstić information content (AvgIpc) is 2.40. The second kappa shape index (κ2) is 4.28. The molecule has 0 aromatic rings. The first-order valence-electron chi connectivity index (χ1n) is 5.14. The normalized spacial score (nSPS) is 27.5. The van der Waals surface area contributed by atoms with Gasteiger partial charge in [-0.15, -0.1) is 0 Å². The number of nitrogens with one attached hydrogen (secondary N) is 1. The zero-order chi connectivity index (χ0) is 10.8. The molecule has 1 aliphatic rings. The Kier molecular flexibility index (Phi) is 3.50. The van der Waals surface area contributed by atoms with Crippen molar-refractivity contribution in [3.63, 3.8) is 0 Å². The molecule has 1 aliphatic carbocycles. The number of nitrogens with two attached hydrogens (primary N) is 1. The van der Waals surface area contributed by atoms with Crippen LogP contribution in [-0.2, 0) is 4.79 Å². The molecule has 0 bridgehead atoms. The SMILES string of the molecule is CC1(C)CCCC1NCC(O)C(N)=O. The van der Waals surface area contributed by atoms with Crippen LogP contribution in [-0.4, -0.2) is 29.7 Å². The quantitative estimate of drug-likeness (QED) is 0.598. The maximum Gasteiger partial charge on any atom is 0.247 e. The van der Waals surface area contributed by atoms with Gasteiger partial charge in [-0.05, 0) is 18.3 Å². The molecule has 1 saturated carbocycles. The fourth-order valence-corrected chi connectivity index (χ4v) is 2.06. The minimum absolute atomic E-state index is 0.261. The van der Waals surface area contributed by atoms with Crippen molar-refractivity contribution in [2.24, 2.45) is 11.1 Å². The van der Waals surface area contributed by atoms with Crippen molar-refractivity contribution in [1.82, 2.24) is 5.32 Å². The number of amides is 1. The number of aliphatic hydroxyl groups excluding tert-OH is 1. The molecule has 0 aromatic heterocycles. The van der Waals surface area contributed by atoms with E-state index in [4.69, 9.17) is 5.73 Å². The summed E-state index contributed by atoms with van der Waals surface area (Å²) >= 11 is 0. The Bertz CT molecular complexity index is 216. The Morgan fingerprint density at radius 1 is 1.71 bits per heavy atom. The van der Waals surface area contributed by atoms with Crippen molar-refractivity contribution in [2.45, 2.75) is 45.3 Å². The van der Waals surface area contributed by atoms with Gasteiger partial charge in [-0.3, -0.25) is 4.79 Å². The molecule has 4 nitrogen and oxygen atoms in total. The number of carbonyl (C=O) groups is 1. The summed E-state index contributed by atoms with van der Waals surface area (Å²) in [7, 11) is 0. The Morgan fingerprint density at radius 3 is 2.79 bits per heavy atom. The number of rotatable bonds is 4. The van der Waals surface area contributed by atoms with Gasteiger partial charge >= 0.3 is 0 Å². The highest BCUT2D eigenvalue weighted by Gasteiger charge is 2.34. The minimum Gasteiger partial charge on any atom is -0.382 e. The first kappa shape index (κ1) is 11.5. The third kappa shape index (κ3) is 2.69. The van der Waals surface area contributed by atoms with Crippen LogP contribution in [0.15, 0.2) is 0 Å². The number of primary amides is 1. The van der Waals surface area contributed by atoms with E-state index in [1.165, 1.54) is 12.8 Å². The molecule has 1 amide bonds. The van der Waals surface area contributed by atoms with E-state index in [2.05, 4.69) is 19.2 Å². The smallest absolute Gasteiger partial charge is 0.247 e. The van der Waals surface area contributed by atoms with Gasteiger partial charge in [0.15, 0.2) is 0 Å². The Labute approximate surface area is 84.9 Å². The summed E-state index contributed by atoms with van der Waals surface area (Å²) in [5.74, 6) is -0.659. The number of carbonyl (C=O) groups excluding carboxylic acids is 1. The predicted octanol–water partition coefficient (Wildman–Crippen LogP) is 0.000900. The Balaban J connectivity index is 2.34. The van der Waals surface area contributed by atoms with Gasteiger partial charge in [0.05, 0.1) is 0 Å². The van der Waals surface area contributed by atoms with Gasteiger partial charge in [0.25, 0.3) is 0 Å². The van der Waals surface area contributed by atoms with Crippen molar-refractivity contribution in [1.29, 1.82) is 0 Å². The van der Waals surface area contributed by atoms with E-state index >= 15 is 0 Å². The molecule has 0 spiro atoms. The van der Waals surface area contributed by atoms with E-state index in [1.54, 1.807) is 0 Å². The van der Waals surface area contributed by atoms with Crippen molar-refractivity contribution >= 4 is 5.91 Å². The van der Waals surface area contributed by atoms with Gasteiger partial charge in [-0.1, -0.05) is 20.3 Å². The second-order valence-corrected chi connectivity index (χ2v) is 4.76. The Morgan fingerprint density at radius 2 is 2.36 bits per heavy atom. The number of aliphatic hydroxyl groups is 1. The van der Waals surface area contributed by atoms with E-state index in [-0.39, 0.29) is 12.0 Å². The first-order chi connectivity index (χ1) is 6.43. The second-order valence-electron chi connectivity index (χ2n) is 4.76. The molecular weight excluding hydrogens is 180 g/mol. The highest BCUT2D eigenvalue weighted by atomic mass is 16.3.